The summed E-state index contributed by atoms with van der Waals surface area (Å²) >= 11 is 0. The fraction of sp³-hybridized carbons (Fsp3) is 0.429. The third kappa shape index (κ3) is 1.90. The van der Waals surface area contributed by atoms with Crippen LogP contribution in [0.4, 0.5) is 0 Å². The predicted molar refractivity (Wildman–Crippen MR) is 36.3 cm³/mol. The van der Waals surface area contributed by atoms with Crippen LogP contribution in [0.5, 0.6) is 0 Å². The van der Waals surface area contributed by atoms with Crippen LogP contribution >= 0.6 is 0 Å². The Morgan fingerprint density at radius 2 is 2.60 bits per heavy atom. The van der Waals surface area contributed by atoms with Crippen LogP contribution < -0.4 is 0 Å². The van der Waals surface area contributed by atoms with E-state index in [0.717, 1.165) is 18.7 Å². The van der Waals surface area contributed by atoms with Crippen molar-refractivity contribution in [3.05, 3.63) is 29.8 Å². The molecule has 0 aromatic carbocycles. The van der Waals surface area contributed by atoms with E-state index in [1.807, 2.05) is 0 Å². The van der Waals surface area contributed by atoms with Crippen molar-refractivity contribution < 1.29 is 4.42 Å². The van der Waals surface area contributed by atoms with E-state index < -0.39 is 0 Å². The van der Waals surface area contributed by atoms with Gasteiger partial charge in [0.25, 0.3) is 0 Å². The van der Waals surface area contributed by atoms with Crippen LogP contribution in [-0.2, 0) is 6.42 Å². The molecule has 0 saturated heterocycles. The molecule has 1 heterocycles. The highest BCUT2D eigenvalue weighted by molar-refractivity contribution is 4.80. The third-order valence-electron chi connectivity index (χ3n) is 1.14. The highest BCUT2D eigenvalue weighted by atomic mass is 16.3. The number of nitrogens with zero attached hydrogens (tertiary/aromatic N) is 2. The van der Waals surface area contributed by atoms with Gasteiger partial charge in [-0.1, -0.05) is 0 Å². The summed E-state index contributed by atoms with van der Waals surface area (Å²) in [6.07, 6.45) is 4.78. The number of hydrogen-bond acceptors (Lipinski definition) is 2. The average molecular weight is 136 g/mol. The molecule has 52 valence electrons. The van der Waals surface area contributed by atoms with Crippen molar-refractivity contribution >= 4 is 0 Å². The summed E-state index contributed by atoms with van der Waals surface area (Å²) < 4.78 is 4.97. The summed E-state index contributed by atoms with van der Waals surface area (Å²) in [4.78, 5) is 7.13. The fourth-order valence-electron chi connectivity index (χ4n) is 0.686. The molecule has 0 bridgehead atoms. The van der Waals surface area contributed by atoms with Crippen molar-refractivity contribution in [1.29, 1.82) is 0 Å². The molecule has 0 fully saturated rings. The number of hydrogen-bond donors (Lipinski definition) is 0. The van der Waals surface area contributed by atoms with Crippen molar-refractivity contribution in [3.63, 3.8) is 0 Å². The maximum atomic E-state index is 6.51. The standard InChI is InChI=1S/C7H8N2O/c1-8-4-2-3-7-9-5-6-10-7/h5-6H,2-4H2. The van der Waals surface area contributed by atoms with E-state index in [2.05, 4.69) is 9.83 Å². The normalized spacial score (nSPS) is 9.10. The van der Waals surface area contributed by atoms with Crippen LogP contribution in [0.25, 0.3) is 4.85 Å². The van der Waals surface area contributed by atoms with E-state index in [1.54, 1.807) is 12.5 Å². The Morgan fingerprint density at radius 3 is 3.20 bits per heavy atom. The Hall–Kier alpha value is -1.30. The molecule has 3 heteroatoms. The molecule has 1 aromatic heterocycles. The zero-order valence-corrected chi connectivity index (χ0v) is 5.58. The predicted octanol–water partition coefficient (Wildman–Crippen LogP) is 1.53. The molecule has 0 aliphatic carbocycles. The number of aryl methyl sites for hydroxylation is 1. The first-order valence-electron chi connectivity index (χ1n) is 3.15. The van der Waals surface area contributed by atoms with Crippen LogP contribution in [0.1, 0.15) is 12.3 Å². The minimum Gasteiger partial charge on any atom is -0.449 e. The van der Waals surface area contributed by atoms with Crippen LogP contribution in [0.3, 0.4) is 0 Å². The highest BCUT2D eigenvalue weighted by Crippen LogP contribution is 1.98. The average Bonchev–Trinajstić information content (AvgIpc) is 2.41. The van der Waals surface area contributed by atoms with Gasteiger partial charge in [0.15, 0.2) is 5.89 Å². The fourth-order valence-corrected chi connectivity index (χ4v) is 0.686. The van der Waals surface area contributed by atoms with Gasteiger partial charge in [-0.05, 0) is 0 Å². The molecule has 0 unspecified atom stereocenters. The second-order valence-electron chi connectivity index (χ2n) is 1.91. The lowest BCUT2D eigenvalue weighted by atomic mass is 10.3. The molecular formula is C7H8N2O. The molecule has 10 heavy (non-hydrogen) atoms. The Labute approximate surface area is 59.5 Å². The molecule has 0 spiro atoms. The van der Waals surface area contributed by atoms with Crippen LogP contribution in [0.2, 0.25) is 0 Å². The van der Waals surface area contributed by atoms with E-state index in [-0.39, 0.29) is 0 Å². The summed E-state index contributed by atoms with van der Waals surface area (Å²) in [5.41, 5.74) is 0. The van der Waals surface area contributed by atoms with E-state index >= 15 is 0 Å². The Balaban J connectivity index is 2.23. The largest absolute Gasteiger partial charge is 0.449 e. The van der Waals surface area contributed by atoms with Gasteiger partial charge >= 0.3 is 0 Å². The van der Waals surface area contributed by atoms with Crippen LogP contribution in [-0.4, -0.2) is 11.5 Å². The summed E-state index contributed by atoms with van der Waals surface area (Å²) in [7, 11) is 0. The number of aromatic nitrogens is 1. The van der Waals surface area contributed by atoms with Crippen molar-refractivity contribution in [3.8, 4) is 0 Å². The Morgan fingerprint density at radius 1 is 1.70 bits per heavy atom. The van der Waals surface area contributed by atoms with Crippen LogP contribution in [0, 0.1) is 6.57 Å². The molecule has 0 aliphatic heterocycles. The number of rotatable bonds is 3. The van der Waals surface area contributed by atoms with Gasteiger partial charge in [-0.2, -0.15) is 0 Å². The monoisotopic (exact) mass is 136 g/mol. The first kappa shape index (κ1) is 6.81. The van der Waals surface area contributed by atoms with Crippen molar-refractivity contribution in [2.45, 2.75) is 12.8 Å². The van der Waals surface area contributed by atoms with Crippen molar-refractivity contribution in [2.75, 3.05) is 6.54 Å². The molecule has 0 N–H and O–H groups in total. The van der Waals surface area contributed by atoms with Crippen LogP contribution in [0.15, 0.2) is 16.9 Å². The lowest BCUT2D eigenvalue weighted by Gasteiger charge is -1.86. The van der Waals surface area contributed by atoms with Gasteiger partial charge in [-0.3, -0.25) is 0 Å². The quantitative estimate of drug-likeness (QED) is 0.466. The second kappa shape index (κ2) is 3.67. The smallest absolute Gasteiger partial charge is 0.215 e. The zero-order chi connectivity index (χ0) is 7.23. The van der Waals surface area contributed by atoms with Gasteiger partial charge in [0.05, 0.1) is 6.20 Å². The highest BCUT2D eigenvalue weighted by Gasteiger charge is 1.96. The Kier molecular flexibility index (Phi) is 2.50. The van der Waals surface area contributed by atoms with Crippen molar-refractivity contribution in [1.82, 2.24) is 4.98 Å². The topological polar surface area (TPSA) is 30.4 Å². The maximum Gasteiger partial charge on any atom is 0.215 e. The van der Waals surface area contributed by atoms with Crippen molar-refractivity contribution in [2.24, 2.45) is 0 Å². The zero-order valence-electron chi connectivity index (χ0n) is 5.58. The lowest BCUT2D eigenvalue weighted by molar-refractivity contribution is 0.490. The van der Waals surface area contributed by atoms with Gasteiger partial charge < -0.3 is 9.26 Å². The minimum absolute atomic E-state index is 0.558. The lowest BCUT2D eigenvalue weighted by Crippen LogP contribution is -1.85. The third-order valence-corrected chi connectivity index (χ3v) is 1.14. The first-order valence-corrected chi connectivity index (χ1v) is 3.15. The van der Waals surface area contributed by atoms with Gasteiger partial charge in [0, 0.05) is 12.8 Å². The van der Waals surface area contributed by atoms with E-state index in [1.165, 1.54) is 0 Å². The summed E-state index contributed by atoms with van der Waals surface area (Å²) in [6, 6.07) is 0. The second-order valence-corrected chi connectivity index (χ2v) is 1.91. The minimum atomic E-state index is 0.558. The first-order chi connectivity index (χ1) is 4.93. The summed E-state index contributed by atoms with van der Waals surface area (Å²) in [5, 5.41) is 0. The van der Waals surface area contributed by atoms with Gasteiger partial charge in [0.2, 0.25) is 6.54 Å². The number of oxazole rings is 1. The Bertz CT molecular complexity index is 210. The molecular weight excluding hydrogens is 128 g/mol. The van der Waals surface area contributed by atoms with Gasteiger partial charge in [0.1, 0.15) is 6.26 Å². The maximum absolute atomic E-state index is 6.51. The van der Waals surface area contributed by atoms with E-state index in [9.17, 15) is 0 Å². The van der Waals surface area contributed by atoms with E-state index in [4.69, 9.17) is 11.0 Å². The molecule has 0 atom stereocenters. The molecule has 0 radical (unpaired) electrons. The summed E-state index contributed by atoms with van der Waals surface area (Å²) in [6.45, 7) is 7.06. The molecule has 1 aromatic rings. The van der Waals surface area contributed by atoms with E-state index in [0.29, 0.717) is 6.54 Å². The molecule has 0 amide bonds. The molecule has 1 rings (SSSR count). The molecule has 0 aliphatic rings. The van der Waals surface area contributed by atoms with Gasteiger partial charge in [-0.25, -0.2) is 11.6 Å². The molecule has 0 saturated carbocycles. The summed E-state index contributed by atoms with van der Waals surface area (Å²) in [5.74, 6) is 0.726. The SMILES string of the molecule is [C-]#[N+]CCCc1ncco1. The molecule has 3 nitrogen and oxygen atoms in total. The van der Waals surface area contributed by atoms with Gasteiger partial charge in [-0.15, -0.1) is 0 Å².